The summed E-state index contributed by atoms with van der Waals surface area (Å²) < 4.78 is 0.763. The van der Waals surface area contributed by atoms with Crippen LogP contribution in [0.5, 0.6) is 0 Å². The van der Waals surface area contributed by atoms with Gasteiger partial charge in [-0.05, 0) is 40.0 Å². The Morgan fingerprint density at radius 2 is 2.10 bits per heavy atom. The minimum atomic E-state index is 0.347. The molecule has 0 spiro atoms. The van der Waals surface area contributed by atoms with Crippen LogP contribution >= 0.6 is 39.1 Å². The van der Waals surface area contributed by atoms with Gasteiger partial charge in [-0.2, -0.15) is 4.98 Å². The molecule has 0 aliphatic heterocycles. The first-order valence-electron chi connectivity index (χ1n) is 5.77. The molecule has 5 nitrogen and oxygen atoms in total. The van der Waals surface area contributed by atoms with E-state index in [0.29, 0.717) is 28.4 Å². The predicted octanol–water partition coefficient (Wildman–Crippen LogP) is 3.49. The van der Waals surface area contributed by atoms with Gasteiger partial charge in [-0.25, -0.2) is 10.8 Å². The molecule has 1 aromatic heterocycles. The van der Waals surface area contributed by atoms with Gasteiger partial charge in [0.05, 0.1) is 4.47 Å². The highest BCUT2D eigenvalue weighted by Crippen LogP contribution is 2.22. The number of hydrogen-bond acceptors (Lipinski definition) is 5. The van der Waals surface area contributed by atoms with Crippen molar-refractivity contribution >= 4 is 50.9 Å². The van der Waals surface area contributed by atoms with Crippen LogP contribution < -0.4 is 16.6 Å². The third kappa shape index (κ3) is 3.96. The Labute approximate surface area is 135 Å². The van der Waals surface area contributed by atoms with E-state index in [0.717, 1.165) is 16.5 Å². The number of aromatic nitrogens is 2. The maximum atomic E-state index is 6.12. The van der Waals surface area contributed by atoms with Crippen molar-refractivity contribution in [3.63, 3.8) is 0 Å². The first kappa shape index (κ1) is 15.3. The monoisotopic (exact) mass is 375 g/mol. The van der Waals surface area contributed by atoms with Crippen molar-refractivity contribution in [2.45, 2.75) is 6.42 Å². The highest BCUT2D eigenvalue weighted by molar-refractivity contribution is 9.10. The highest BCUT2D eigenvalue weighted by Gasteiger charge is 2.05. The average Bonchev–Trinajstić information content (AvgIpc) is 2.43. The van der Waals surface area contributed by atoms with Gasteiger partial charge >= 0.3 is 0 Å². The van der Waals surface area contributed by atoms with Crippen LogP contribution in [0.15, 0.2) is 28.9 Å². The molecule has 0 aliphatic rings. The Morgan fingerprint density at radius 1 is 1.30 bits per heavy atom. The third-order valence-electron chi connectivity index (χ3n) is 2.58. The molecular formula is C12H12BrCl2N5. The number of hydrazine groups is 1. The molecule has 1 aromatic carbocycles. The number of nitrogens with zero attached hydrogens (tertiary/aromatic N) is 2. The first-order valence-corrected chi connectivity index (χ1v) is 7.32. The minimum absolute atomic E-state index is 0.347. The minimum Gasteiger partial charge on any atom is -0.369 e. The van der Waals surface area contributed by atoms with E-state index >= 15 is 0 Å². The van der Waals surface area contributed by atoms with E-state index in [-0.39, 0.29) is 0 Å². The van der Waals surface area contributed by atoms with Crippen molar-refractivity contribution in [1.29, 1.82) is 0 Å². The van der Waals surface area contributed by atoms with Crippen LogP contribution in [0.3, 0.4) is 0 Å². The van der Waals surface area contributed by atoms with Crippen molar-refractivity contribution in [2.24, 2.45) is 5.84 Å². The molecule has 2 rings (SSSR count). The van der Waals surface area contributed by atoms with E-state index in [1.54, 1.807) is 12.3 Å². The first-order chi connectivity index (χ1) is 9.60. The molecule has 0 bridgehead atoms. The fraction of sp³-hybridized carbons (Fsp3) is 0.167. The average molecular weight is 377 g/mol. The molecule has 1 heterocycles. The summed E-state index contributed by atoms with van der Waals surface area (Å²) in [6, 6.07) is 5.46. The van der Waals surface area contributed by atoms with E-state index in [1.165, 1.54) is 0 Å². The maximum absolute atomic E-state index is 6.12. The van der Waals surface area contributed by atoms with Gasteiger partial charge in [-0.3, -0.25) is 5.43 Å². The summed E-state index contributed by atoms with van der Waals surface area (Å²) in [4.78, 5) is 8.18. The molecule has 0 aliphatic carbocycles. The fourth-order valence-corrected chi connectivity index (χ4v) is 2.43. The van der Waals surface area contributed by atoms with Gasteiger partial charge in [-0.15, -0.1) is 0 Å². The van der Waals surface area contributed by atoms with Crippen LogP contribution in [-0.2, 0) is 6.42 Å². The molecule has 0 fully saturated rings. The Balaban J connectivity index is 1.99. The van der Waals surface area contributed by atoms with Crippen molar-refractivity contribution in [3.05, 3.63) is 44.5 Å². The highest BCUT2D eigenvalue weighted by atomic mass is 79.9. The van der Waals surface area contributed by atoms with Crippen molar-refractivity contribution < 1.29 is 0 Å². The predicted molar refractivity (Wildman–Crippen MR) is 86.2 cm³/mol. The van der Waals surface area contributed by atoms with Gasteiger partial charge in [0, 0.05) is 22.8 Å². The molecule has 106 valence electrons. The van der Waals surface area contributed by atoms with Crippen LogP contribution in [0.4, 0.5) is 11.8 Å². The van der Waals surface area contributed by atoms with Gasteiger partial charge < -0.3 is 5.32 Å². The Kier molecular flexibility index (Phi) is 5.42. The molecule has 0 atom stereocenters. The lowest BCUT2D eigenvalue weighted by molar-refractivity contribution is 0.993. The number of anilines is 2. The van der Waals surface area contributed by atoms with Gasteiger partial charge in [0.15, 0.2) is 0 Å². The van der Waals surface area contributed by atoms with Gasteiger partial charge in [0.1, 0.15) is 5.82 Å². The van der Waals surface area contributed by atoms with Crippen LogP contribution in [0.1, 0.15) is 5.56 Å². The van der Waals surface area contributed by atoms with E-state index in [9.17, 15) is 0 Å². The standard InChI is InChI=1S/C12H12BrCl2N5/c13-9-6-18-12(20-16)19-11(9)17-4-3-7-1-2-8(14)5-10(7)15/h1-2,5-6H,3-4,16H2,(H2,17,18,19,20). The topological polar surface area (TPSA) is 75.9 Å². The van der Waals surface area contributed by atoms with Crippen molar-refractivity contribution in [3.8, 4) is 0 Å². The smallest absolute Gasteiger partial charge is 0.239 e. The zero-order valence-corrected chi connectivity index (χ0v) is 13.4. The zero-order valence-electron chi connectivity index (χ0n) is 10.3. The third-order valence-corrected chi connectivity index (χ3v) is 3.74. The number of benzene rings is 1. The number of rotatable bonds is 5. The summed E-state index contributed by atoms with van der Waals surface area (Å²) in [5.41, 5.74) is 3.42. The van der Waals surface area contributed by atoms with E-state index in [4.69, 9.17) is 29.0 Å². The summed E-state index contributed by atoms with van der Waals surface area (Å²) >= 11 is 15.3. The lowest BCUT2D eigenvalue weighted by Gasteiger charge is -2.09. The summed E-state index contributed by atoms with van der Waals surface area (Å²) in [7, 11) is 0. The summed E-state index contributed by atoms with van der Waals surface area (Å²) in [6.07, 6.45) is 2.37. The van der Waals surface area contributed by atoms with Gasteiger partial charge in [0.2, 0.25) is 5.95 Å². The number of hydrogen-bond donors (Lipinski definition) is 3. The number of nitrogen functional groups attached to an aromatic ring is 1. The summed E-state index contributed by atoms with van der Waals surface area (Å²) in [5.74, 6) is 6.29. The van der Waals surface area contributed by atoms with E-state index in [2.05, 4.69) is 36.6 Å². The van der Waals surface area contributed by atoms with Crippen molar-refractivity contribution in [1.82, 2.24) is 9.97 Å². The molecule has 0 radical (unpaired) electrons. The summed E-state index contributed by atoms with van der Waals surface area (Å²) in [6.45, 7) is 0.668. The largest absolute Gasteiger partial charge is 0.369 e. The molecular weight excluding hydrogens is 365 g/mol. The molecule has 0 saturated carbocycles. The van der Waals surface area contributed by atoms with Crippen LogP contribution in [-0.4, -0.2) is 16.5 Å². The lowest BCUT2D eigenvalue weighted by Crippen LogP contribution is -2.13. The number of nitrogens with two attached hydrogens (primary N) is 1. The van der Waals surface area contributed by atoms with E-state index < -0.39 is 0 Å². The molecule has 4 N–H and O–H groups in total. The second kappa shape index (κ2) is 7.08. The number of halogens is 3. The zero-order chi connectivity index (χ0) is 14.5. The molecule has 2 aromatic rings. The molecule has 0 unspecified atom stereocenters. The Hall–Kier alpha value is -1.08. The lowest BCUT2D eigenvalue weighted by atomic mass is 10.1. The van der Waals surface area contributed by atoms with Crippen LogP contribution in [0, 0.1) is 0 Å². The van der Waals surface area contributed by atoms with Crippen molar-refractivity contribution in [2.75, 3.05) is 17.3 Å². The molecule has 20 heavy (non-hydrogen) atoms. The van der Waals surface area contributed by atoms with E-state index in [1.807, 2.05) is 12.1 Å². The summed E-state index contributed by atoms with van der Waals surface area (Å²) in [5, 5.41) is 4.48. The molecule has 8 heteroatoms. The second-order valence-corrected chi connectivity index (χ2v) is 5.64. The molecule has 0 saturated heterocycles. The normalized spacial score (nSPS) is 10.4. The SMILES string of the molecule is NNc1ncc(Br)c(NCCc2ccc(Cl)cc2Cl)n1. The van der Waals surface area contributed by atoms with Gasteiger partial charge in [0.25, 0.3) is 0 Å². The second-order valence-electron chi connectivity index (χ2n) is 3.95. The van der Waals surface area contributed by atoms with Gasteiger partial charge in [-0.1, -0.05) is 29.3 Å². The quantitative estimate of drug-likeness (QED) is 0.550. The van der Waals surface area contributed by atoms with Crippen LogP contribution in [0.2, 0.25) is 10.0 Å². The van der Waals surface area contributed by atoms with Crippen LogP contribution in [0.25, 0.3) is 0 Å². The number of nitrogens with one attached hydrogen (secondary N) is 2. The molecule has 0 amide bonds. The fourth-order valence-electron chi connectivity index (χ4n) is 1.60. The maximum Gasteiger partial charge on any atom is 0.239 e. The Bertz CT molecular complexity index is 608. The Morgan fingerprint density at radius 3 is 2.80 bits per heavy atom.